The van der Waals surface area contributed by atoms with Gasteiger partial charge in [-0.2, -0.15) is 10.1 Å². The van der Waals surface area contributed by atoms with Crippen molar-refractivity contribution >= 4 is 23.4 Å². The summed E-state index contributed by atoms with van der Waals surface area (Å²) < 4.78 is 0. The molecule has 0 saturated heterocycles. The Morgan fingerprint density at radius 1 is 1.30 bits per heavy atom. The lowest BCUT2D eigenvalue weighted by Gasteiger charge is -2.12. The SMILES string of the molecule is CCC(C)Nc1cnnc(NCc2ccccc2Cl)n1. The van der Waals surface area contributed by atoms with Gasteiger partial charge in [0.25, 0.3) is 0 Å². The van der Waals surface area contributed by atoms with Crippen LogP contribution in [0.2, 0.25) is 5.02 Å². The van der Waals surface area contributed by atoms with Gasteiger partial charge in [0.15, 0.2) is 5.82 Å². The van der Waals surface area contributed by atoms with Crippen LogP contribution in [0.25, 0.3) is 0 Å². The number of rotatable bonds is 6. The van der Waals surface area contributed by atoms with Gasteiger partial charge in [-0.25, -0.2) is 0 Å². The molecular formula is C14H18ClN5. The number of halogens is 1. The zero-order valence-corrected chi connectivity index (χ0v) is 12.4. The fourth-order valence-corrected chi connectivity index (χ4v) is 1.82. The quantitative estimate of drug-likeness (QED) is 0.854. The van der Waals surface area contributed by atoms with Gasteiger partial charge in [0.05, 0.1) is 6.20 Å². The Bertz CT molecular complexity index is 561. The van der Waals surface area contributed by atoms with Crippen LogP contribution < -0.4 is 10.6 Å². The molecule has 1 aromatic heterocycles. The first-order valence-electron chi connectivity index (χ1n) is 6.62. The first-order chi connectivity index (χ1) is 9.69. The lowest BCUT2D eigenvalue weighted by Crippen LogP contribution is -2.16. The van der Waals surface area contributed by atoms with Crippen molar-refractivity contribution in [2.24, 2.45) is 0 Å². The van der Waals surface area contributed by atoms with Crippen molar-refractivity contribution in [2.75, 3.05) is 10.6 Å². The number of hydrogen-bond donors (Lipinski definition) is 2. The van der Waals surface area contributed by atoms with Crippen LogP contribution in [0.3, 0.4) is 0 Å². The first kappa shape index (κ1) is 14.5. The van der Waals surface area contributed by atoms with Crippen molar-refractivity contribution in [2.45, 2.75) is 32.9 Å². The molecule has 1 atom stereocenters. The Kier molecular flexibility index (Phi) is 5.12. The fourth-order valence-electron chi connectivity index (χ4n) is 1.62. The van der Waals surface area contributed by atoms with E-state index in [1.165, 1.54) is 0 Å². The zero-order valence-electron chi connectivity index (χ0n) is 11.6. The van der Waals surface area contributed by atoms with E-state index in [-0.39, 0.29) is 0 Å². The second-order valence-corrected chi connectivity index (χ2v) is 4.97. The van der Waals surface area contributed by atoms with Gasteiger partial charge in [0.1, 0.15) is 0 Å². The Morgan fingerprint density at radius 2 is 2.10 bits per heavy atom. The van der Waals surface area contributed by atoms with E-state index in [4.69, 9.17) is 11.6 Å². The largest absolute Gasteiger partial charge is 0.366 e. The topological polar surface area (TPSA) is 62.7 Å². The summed E-state index contributed by atoms with van der Waals surface area (Å²) >= 11 is 6.10. The summed E-state index contributed by atoms with van der Waals surface area (Å²) in [6.07, 6.45) is 2.64. The highest BCUT2D eigenvalue weighted by atomic mass is 35.5. The van der Waals surface area contributed by atoms with E-state index >= 15 is 0 Å². The van der Waals surface area contributed by atoms with Gasteiger partial charge in [0, 0.05) is 17.6 Å². The third-order valence-corrected chi connectivity index (χ3v) is 3.33. The van der Waals surface area contributed by atoms with E-state index in [2.05, 4.69) is 39.7 Å². The number of benzene rings is 1. The number of aromatic nitrogens is 3. The van der Waals surface area contributed by atoms with Crippen molar-refractivity contribution in [3.8, 4) is 0 Å². The lowest BCUT2D eigenvalue weighted by molar-refractivity contribution is 0.755. The third kappa shape index (κ3) is 4.06. The average molecular weight is 292 g/mol. The molecule has 2 aromatic rings. The molecule has 1 heterocycles. The zero-order chi connectivity index (χ0) is 14.4. The van der Waals surface area contributed by atoms with Crippen molar-refractivity contribution in [3.05, 3.63) is 41.0 Å². The Balaban J connectivity index is 2.00. The molecule has 0 spiro atoms. The molecule has 0 aliphatic carbocycles. The molecule has 20 heavy (non-hydrogen) atoms. The second kappa shape index (κ2) is 7.05. The van der Waals surface area contributed by atoms with Crippen LogP contribution in [0.1, 0.15) is 25.8 Å². The molecular weight excluding hydrogens is 274 g/mol. The highest BCUT2D eigenvalue weighted by molar-refractivity contribution is 6.31. The predicted octanol–water partition coefficient (Wildman–Crippen LogP) is 3.35. The van der Waals surface area contributed by atoms with Crippen LogP contribution in [0.15, 0.2) is 30.5 Å². The summed E-state index contributed by atoms with van der Waals surface area (Å²) in [7, 11) is 0. The predicted molar refractivity (Wildman–Crippen MR) is 82.0 cm³/mol. The van der Waals surface area contributed by atoms with E-state index in [0.29, 0.717) is 18.5 Å². The van der Waals surface area contributed by atoms with Crippen LogP contribution in [0, 0.1) is 0 Å². The summed E-state index contributed by atoms with van der Waals surface area (Å²) in [4.78, 5) is 4.37. The van der Waals surface area contributed by atoms with Gasteiger partial charge in [0.2, 0.25) is 5.95 Å². The number of hydrogen-bond acceptors (Lipinski definition) is 5. The molecule has 5 nitrogen and oxygen atoms in total. The van der Waals surface area contributed by atoms with Gasteiger partial charge < -0.3 is 10.6 Å². The van der Waals surface area contributed by atoms with E-state index < -0.39 is 0 Å². The van der Waals surface area contributed by atoms with Crippen LogP contribution >= 0.6 is 11.6 Å². The van der Waals surface area contributed by atoms with E-state index in [9.17, 15) is 0 Å². The lowest BCUT2D eigenvalue weighted by atomic mass is 10.2. The monoisotopic (exact) mass is 291 g/mol. The molecule has 0 bridgehead atoms. The summed E-state index contributed by atoms with van der Waals surface area (Å²) in [6, 6.07) is 8.02. The maximum atomic E-state index is 6.10. The standard InChI is InChI=1S/C14H18ClN5/c1-3-10(2)18-13-9-17-20-14(19-13)16-8-11-6-4-5-7-12(11)15/h4-7,9-10H,3,8H2,1-2H3,(H2,16,18,19,20). The van der Waals surface area contributed by atoms with Crippen molar-refractivity contribution < 1.29 is 0 Å². The number of nitrogens with one attached hydrogen (secondary N) is 2. The Morgan fingerprint density at radius 3 is 2.85 bits per heavy atom. The highest BCUT2D eigenvalue weighted by Crippen LogP contribution is 2.16. The second-order valence-electron chi connectivity index (χ2n) is 4.56. The van der Waals surface area contributed by atoms with Gasteiger partial charge in [-0.15, -0.1) is 5.10 Å². The molecule has 1 unspecified atom stereocenters. The third-order valence-electron chi connectivity index (χ3n) is 2.96. The van der Waals surface area contributed by atoms with E-state index in [0.717, 1.165) is 22.8 Å². The number of nitrogens with zero attached hydrogens (tertiary/aromatic N) is 3. The van der Waals surface area contributed by atoms with Crippen molar-refractivity contribution in [1.29, 1.82) is 0 Å². The Labute approximate surface area is 123 Å². The summed E-state index contributed by atoms with van der Waals surface area (Å²) in [6.45, 7) is 4.77. The fraction of sp³-hybridized carbons (Fsp3) is 0.357. The van der Waals surface area contributed by atoms with Gasteiger partial charge in [-0.05, 0) is 25.0 Å². The molecule has 0 amide bonds. The van der Waals surface area contributed by atoms with Crippen LogP contribution in [-0.4, -0.2) is 21.2 Å². The maximum Gasteiger partial charge on any atom is 0.244 e. The minimum Gasteiger partial charge on any atom is -0.366 e. The molecule has 0 aliphatic heterocycles. The molecule has 0 aliphatic rings. The molecule has 0 fully saturated rings. The normalized spacial score (nSPS) is 11.9. The molecule has 106 valence electrons. The highest BCUT2D eigenvalue weighted by Gasteiger charge is 2.04. The molecule has 2 rings (SSSR count). The molecule has 6 heteroatoms. The molecule has 0 radical (unpaired) electrons. The minimum absolute atomic E-state index is 0.350. The molecule has 1 aromatic carbocycles. The van der Waals surface area contributed by atoms with Crippen molar-refractivity contribution in [1.82, 2.24) is 15.2 Å². The van der Waals surface area contributed by atoms with Crippen LogP contribution in [0.5, 0.6) is 0 Å². The first-order valence-corrected chi connectivity index (χ1v) is 7.00. The average Bonchev–Trinajstić information content (AvgIpc) is 2.47. The molecule has 0 saturated carbocycles. The smallest absolute Gasteiger partial charge is 0.244 e. The van der Waals surface area contributed by atoms with E-state index in [1.807, 2.05) is 24.3 Å². The summed E-state index contributed by atoms with van der Waals surface area (Å²) in [5.74, 6) is 1.20. The van der Waals surface area contributed by atoms with Crippen LogP contribution in [-0.2, 0) is 6.54 Å². The molecule has 2 N–H and O–H groups in total. The minimum atomic E-state index is 0.350. The summed E-state index contributed by atoms with van der Waals surface area (Å²) in [5.41, 5.74) is 0.998. The van der Waals surface area contributed by atoms with E-state index in [1.54, 1.807) is 6.20 Å². The number of anilines is 2. The van der Waals surface area contributed by atoms with Gasteiger partial charge in [-0.3, -0.25) is 0 Å². The maximum absolute atomic E-state index is 6.10. The van der Waals surface area contributed by atoms with Crippen molar-refractivity contribution in [3.63, 3.8) is 0 Å². The van der Waals surface area contributed by atoms with Gasteiger partial charge in [-0.1, -0.05) is 36.7 Å². The van der Waals surface area contributed by atoms with Gasteiger partial charge >= 0.3 is 0 Å². The summed E-state index contributed by atoms with van der Waals surface area (Å²) in [5, 5.41) is 15.0. The van der Waals surface area contributed by atoms with Crippen LogP contribution in [0.4, 0.5) is 11.8 Å². The Hall–Kier alpha value is -1.88.